The molecule has 0 unspecified atom stereocenters. The first-order valence-corrected chi connectivity index (χ1v) is 8.86. The minimum absolute atomic E-state index is 0.202. The van der Waals surface area contributed by atoms with Gasteiger partial charge in [-0.05, 0) is 57.9 Å². The van der Waals surface area contributed by atoms with Crippen molar-refractivity contribution in [3.63, 3.8) is 0 Å². The Bertz CT molecular complexity index is 897. The van der Waals surface area contributed by atoms with Gasteiger partial charge in [0.2, 0.25) is 0 Å². The maximum absolute atomic E-state index is 12.5. The molecule has 0 aliphatic carbocycles. The normalized spacial score (nSPS) is 10.2. The minimum atomic E-state index is -0.202. The van der Waals surface area contributed by atoms with Crippen molar-refractivity contribution in [2.75, 3.05) is 12.4 Å². The summed E-state index contributed by atoms with van der Waals surface area (Å²) in [5.41, 5.74) is 2.28. The van der Waals surface area contributed by atoms with Gasteiger partial charge in [-0.25, -0.2) is 0 Å². The third-order valence-corrected chi connectivity index (χ3v) is 4.37. The van der Waals surface area contributed by atoms with Gasteiger partial charge < -0.3 is 14.8 Å². The molecule has 0 aliphatic rings. The van der Waals surface area contributed by atoms with Crippen molar-refractivity contribution < 1.29 is 14.3 Å². The van der Waals surface area contributed by atoms with Crippen LogP contribution in [-0.4, -0.2) is 13.0 Å². The number of anilines is 1. The van der Waals surface area contributed by atoms with Crippen LogP contribution in [0.3, 0.4) is 0 Å². The molecule has 0 atom stereocenters. The lowest BCUT2D eigenvalue weighted by Gasteiger charge is -2.10. The van der Waals surface area contributed by atoms with Crippen molar-refractivity contribution in [2.45, 2.75) is 6.61 Å². The predicted octanol–water partition coefficient (Wildman–Crippen LogP) is 5.29. The van der Waals surface area contributed by atoms with Gasteiger partial charge in [-0.3, -0.25) is 4.79 Å². The molecular formula is C21H18BrNO3. The van der Waals surface area contributed by atoms with Crippen molar-refractivity contribution in [3.8, 4) is 11.5 Å². The van der Waals surface area contributed by atoms with E-state index in [0.29, 0.717) is 29.4 Å². The van der Waals surface area contributed by atoms with Crippen LogP contribution < -0.4 is 14.8 Å². The highest BCUT2D eigenvalue weighted by molar-refractivity contribution is 9.10. The fourth-order valence-corrected chi connectivity index (χ4v) is 2.96. The van der Waals surface area contributed by atoms with E-state index in [9.17, 15) is 4.79 Å². The number of nitrogens with one attached hydrogen (secondary N) is 1. The van der Waals surface area contributed by atoms with E-state index in [1.807, 2.05) is 36.4 Å². The van der Waals surface area contributed by atoms with Gasteiger partial charge in [-0.15, -0.1) is 0 Å². The zero-order valence-corrected chi connectivity index (χ0v) is 15.8. The average Bonchev–Trinajstić information content (AvgIpc) is 2.67. The number of halogens is 1. The molecule has 1 N–H and O–H groups in total. The quantitative estimate of drug-likeness (QED) is 0.599. The fourth-order valence-electron chi connectivity index (χ4n) is 2.42. The van der Waals surface area contributed by atoms with Crippen LogP contribution >= 0.6 is 15.9 Å². The van der Waals surface area contributed by atoms with E-state index in [1.54, 1.807) is 43.5 Å². The molecule has 5 heteroatoms. The molecule has 0 aliphatic heterocycles. The zero-order valence-electron chi connectivity index (χ0n) is 14.2. The lowest BCUT2D eigenvalue weighted by atomic mass is 10.2. The summed E-state index contributed by atoms with van der Waals surface area (Å²) in [6.45, 7) is 0.456. The molecule has 0 saturated carbocycles. The smallest absolute Gasteiger partial charge is 0.255 e. The van der Waals surface area contributed by atoms with E-state index in [4.69, 9.17) is 9.47 Å². The average molecular weight is 412 g/mol. The van der Waals surface area contributed by atoms with Gasteiger partial charge in [-0.1, -0.05) is 36.4 Å². The van der Waals surface area contributed by atoms with E-state index in [2.05, 4.69) is 21.2 Å². The Labute approximate surface area is 160 Å². The van der Waals surface area contributed by atoms with E-state index in [-0.39, 0.29) is 5.91 Å². The number of methoxy groups -OCH3 is 1. The van der Waals surface area contributed by atoms with Crippen LogP contribution in [0.2, 0.25) is 0 Å². The number of ether oxygens (including phenoxy) is 2. The molecule has 1 amide bonds. The molecule has 3 aromatic carbocycles. The van der Waals surface area contributed by atoms with Gasteiger partial charge in [0.25, 0.3) is 5.91 Å². The Hall–Kier alpha value is -2.79. The van der Waals surface area contributed by atoms with E-state index >= 15 is 0 Å². The van der Waals surface area contributed by atoms with E-state index in [1.165, 1.54) is 0 Å². The number of rotatable bonds is 6. The van der Waals surface area contributed by atoms with Gasteiger partial charge >= 0.3 is 0 Å². The van der Waals surface area contributed by atoms with Crippen LogP contribution in [0.4, 0.5) is 5.69 Å². The van der Waals surface area contributed by atoms with Crippen molar-refractivity contribution in [1.82, 2.24) is 0 Å². The Morgan fingerprint density at radius 3 is 2.54 bits per heavy atom. The molecule has 0 radical (unpaired) electrons. The Morgan fingerprint density at radius 1 is 1.00 bits per heavy atom. The number of hydrogen-bond donors (Lipinski definition) is 1. The SMILES string of the molecule is COc1ccc(NC(=O)c2cccc(OCc3ccccc3)c2)cc1Br. The molecule has 3 aromatic rings. The Morgan fingerprint density at radius 2 is 1.81 bits per heavy atom. The van der Waals surface area contributed by atoms with Crippen LogP contribution in [0.25, 0.3) is 0 Å². The summed E-state index contributed by atoms with van der Waals surface area (Å²) >= 11 is 3.41. The van der Waals surface area contributed by atoms with Gasteiger partial charge in [0.05, 0.1) is 11.6 Å². The summed E-state index contributed by atoms with van der Waals surface area (Å²) in [6, 6.07) is 22.4. The van der Waals surface area contributed by atoms with Crippen molar-refractivity contribution in [2.24, 2.45) is 0 Å². The maximum atomic E-state index is 12.5. The Kier molecular flexibility index (Phi) is 5.92. The highest BCUT2D eigenvalue weighted by Crippen LogP contribution is 2.28. The monoisotopic (exact) mass is 411 g/mol. The molecule has 0 spiro atoms. The lowest BCUT2D eigenvalue weighted by Crippen LogP contribution is -2.12. The molecule has 3 rings (SSSR count). The number of carbonyl (C=O) groups is 1. The second-order valence-electron chi connectivity index (χ2n) is 5.61. The molecule has 0 bridgehead atoms. The molecule has 26 heavy (non-hydrogen) atoms. The van der Waals surface area contributed by atoms with E-state index in [0.717, 1.165) is 10.0 Å². The van der Waals surface area contributed by atoms with Gasteiger partial charge in [0.15, 0.2) is 0 Å². The van der Waals surface area contributed by atoms with Crippen LogP contribution in [0.5, 0.6) is 11.5 Å². The van der Waals surface area contributed by atoms with Crippen LogP contribution in [0.15, 0.2) is 77.3 Å². The first-order valence-electron chi connectivity index (χ1n) is 8.07. The Balaban J connectivity index is 1.67. The molecule has 132 valence electrons. The summed E-state index contributed by atoms with van der Waals surface area (Å²) < 4.78 is 11.7. The summed E-state index contributed by atoms with van der Waals surface area (Å²) in [5, 5.41) is 2.87. The van der Waals surface area contributed by atoms with E-state index < -0.39 is 0 Å². The molecule has 0 aromatic heterocycles. The first kappa shape index (κ1) is 18.0. The summed E-state index contributed by atoms with van der Waals surface area (Å²) in [7, 11) is 1.60. The van der Waals surface area contributed by atoms with Crippen LogP contribution in [-0.2, 0) is 6.61 Å². The number of amides is 1. The molecule has 0 heterocycles. The van der Waals surface area contributed by atoms with Gasteiger partial charge in [0, 0.05) is 11.3 Å². The van der Waals surface area contributed by atoms with Crippen LogP contribution in [0, 0.1) is 0 Å². The fraction of sp³-hybridized carbons (Fsp3) is 0.0952. The zero-order chi connectivity index (χ0) is 18.4. The van der Waals surface area contributed by atoms with Crippen molar-refractivity contribution in [1.29, 1.82) is 0 Å². The standard InChI is InChI=1S/C21H18BrNO3/c1-25-20-11-10-17(13-19(20)22)23-21(24)16-8-5-9-18(12-16)26-14-15-6-3-2-4-7-15/h2-13H,14H2,1H3,(H,23,24). The van der Waals surface area contributed by atoms with Gasteiger partial charge in [-0.2, -0.15) is 0 Å². The molecule has 4 nitrogen and oxygen atoms in total. The number of carbonyl (C=O) groups excluding carboxylic acids is 1. The number of benzene rings is 3. The van der Waals surface area contributed by atoms with Gasteiger partial charge in [0.1, 0.15) is 18.1 Å². The van der Waals surface area contributed by atoms with Crippen LogP contribution in [0.1, 0.15) is 15.9 Å². The third-order valence-electron chi connectivity index (χ3n) is 3.75. The lowest BCUT2D eigenvalue weighted by molar-refractivity contribution is 0.102. The second-order valence-corrected chi connectivity index (χ2v) is 6.46. The summed E-state index contributed by atoms with van der Waals surface area (Å²) in [5.74, 6) is 1.16. The number of hydrogen-bond acceptors (Lipinski definition) is 3. The highest BCUT2D eigenvalue weighted by Gasteiger charge is 2.09. The van der Waals surface area contributed by atoms with Crippen molar-refractivity contribution in [3.05, 3.63) is 88.4 Å². The molecule has 0 saturated heterocycles. The molecule has 0 fully saturated rings. The third kappa shape index (κ3) is 4.64. The van der Waals surface area contributed by atoms with Crippen molar-refractivity contribution >= 4 is 27.5 Å². The predicted molar refractivity (Wildman–Crippen MR) is 106 cm³/mol. The molecular weight excluding hydrogens is 394 g/mol. The topological polar surface area (TPSA) is 47.6 Å². The second kappa shape index (κ2) is 8.54. The minimum Gasteiger partial charge on any atom is -0.496 e. The summed E-state index contributed by atoms with van der Waals surface area (Å²) in [4.78, 5) is 12.5. The largest absolute Gasteiger partial charge is 0.496 e. The maximum Gasteiger partial charge on any atom is 0.255 e. The summed E-state index contributed by atoms with van der Waals surface area (Å²) in [6.07, 6.45) is 0. The highest BCUT2D eigenvalue weighted by atomic mass is 79.9. The first-order chi connectivity index (χ1) is 12.7.